The molecule has 112 valence electrons. The van der Waals surface area contributed by atoms with Crippen molar-refractivity contribution in [2.75, 3.05) is 7.11 Å². The molecule has 0 atom stereocenters. The zero-order valence-electron chi connectivity index (χ0n) is 12.8. The number of carbonyl (C=O) groups excluding carboxylic acids is 1. The predicted molar refractivity (Wildman–Crippen MR) is 76.7 cm³/mol. The number of methoxy groups -OCH3 is 1. The highest BCUT2D eigenvalue weighted by Gasteiger charge is 2.30. The van der Waals surface area contributed by atoms with Gasteiger partial charge in [-0.25, -0.2) is 14.2 Å². The molecule has 1 heterocycles. The molecule has 5 heteroatoms. The summed E-state index contributed by atoms with van der Waals surface area (Å²) in [7, 11) is 1.27. The van der Waals surface area contributed by atoms with Gasteiger partial charge in [0.15, 0.2) is 0 Å². The lowest BCUT2D eigenvalue weighted by Gasteiger charge is -2.15. The average molecular weight is 291 g/mol. The SMILES string of the molecule is COC(=O)c1oc(-c2ccc(C)cc2F)nc1C(C)(C)C. The lowest BCUT2D eigenvalue weighted by atomic mass is 9.91. The summed E-state index contributed by atoms with van der Waals surface area (Å²) in [5, 5.41) is 0. The first-order chi connectivity index (χ1) is 9.74. The second kappa shape index (κ2) is 5.31. The van der Waals surface area contributed by atoms with E-state index in [9.17, 15) is 9.18 Å². The van der Waals surface area contributed by atoms with Crippen LogP contribution >= 0.6 is 0 Å². The van der Waals surface area contributed by atoms with Crippen molar-refractivity contribution in [2.45, 2.75) is 33.1 Å². The molecule has 0 fully saturated rings. The van der Waals surface area contributed by atoms with Crippen LogP contribution in [0.3, 0.4) is 0 Å². The molecule has 0 amide bonds. The van der Waals surface area contributed by atoms with Crippen LogP contribution in [0.1, 0.15) is 42.6 Å². The summed E-state index contributed by atoms with van der Waals surface area (Å²) in [6.45, 7) is 7.48. The van der Waals surface area contributed by atoms with Crippen LogP contribution < -0.4 is 0 Å². The van der Waals surface area contributed by atoms with E-state index in [1.807, 2.05) is 20.8 Å². The molecule has 0 radical (unpaired) electrons. The van der Waals surface area contributed by atoms with Crippen molar-refractivity contribution >= 4 is 5.97 Å². The predicted octanol–water partition coefficient (Wildman–Crippen LogP) is 3.87. The molecule has 1 aromatic carbocycles. The van der Waals surface area contributed by atoms with E-state index in [-0.39, 0.29) is 17.2 Å². The fourth-order valence-corrected chi connectivity index (χ4v) is 1.97. The third-order valence-corrected chi connectivity index (χ3v) is 3.06. The zero-order chi connectivity index (χ0) is 15.8. The van der Waals surface area contributed by atoms with Crippen molar-refractivity contribution in [3.05, 3.63) is 41.0 Å². The van der Waals surface area contributed by atoms with Crippen molar-refractivity contribution in [3.63, 3.8) is 0 Å². The van der Waals surface area contributed by atoms with Gasteiger partial charge in [0.05, 0.1) is 12.7 Å². The van der Waals surface area contributed by atoms with Crippen molar-refractivity contribution in [1.29, 1.82) is 0 Å². The van der Waals surface area contributed by atoms with E-state index in [1.54, 1.807) is 19.1 Å². The van der Waals surface area contributed by atoms with Gasteiger partial charge in [-0.2, -0.15) is 0 Å². The van der Waals surface area contributed by atoms with Gasteiger partial charge in [0.2, 0.25) is 11.7 Å². The molecule has 0 aliphatic heterocycles. The average Bonchev–Trinajstić information content (AvgIpc) is 2.82. The molecule has 21 heavy (non-hydrogen) atoms. The number of esters is 1. The van der Waals surface area contributed by atoms with Gasteiger partial charge in [-0.05, 0) is 24.6 Å². The summed E-state index contributed by atoms with van der Waals surface area (Å²) in [6, 6.07) is 4.75. The van der Waals surface area contributed by atoms with Crippen molar-refractivity contribution < 1.29 is 18.3 Å². The molecule has 0 saturated heterocycles. The standard InChI is InChI=1S/C16H18FNO3/c1-9-6-7-10(11(17)8-9)14-18-13(16(2,3)4)12(21-14)15(19)20-5/h6-8H,1-5H3. The maximum Gasteiger partial charge on any atom is 0.376 e. The number of halogens is 1. The van der Waals surface area contributed by atoms with E-state index >= 15 is 0 Å². The zero-order valence-corrected chi connectivity index (χ0v) is 12.8. The molecule has 0 N–H and O–H groups in total. The number of carbonyl (C=O) groups is 1. The molecule has 0 spiro atoms. The maximum absolute atomic E-state index is 14.0. The van der Waals surface area contributed by atoms with Gasteiger partial charge in [-0.3, -0.25) is 0 Å². The Morgan fingerprint density at radius 3 is 2.52 bits per heavy atom. The van der Waals surface area contributed by atoms with Gasteiger partial charge in [-0.15, -0.1) is 0 Å². The largest absolute Gasteiger partial charge is 0.463 e. The topological polar surface area (TPSA) is 52.3 Å². The van der Waals surface area contributed by atoms with Crippen LogP contribution in [0.2, 0.25) is 0 Å². The Morgan fingerprint density at radius 1 is 1.33 bits per heavy atom. The van der Waals surface area contributed by atoms with Gasteiger partial charge in [0.25, 0.3) is 0 Å². The number of nitrogens with zero attached hydrogens (tertiary/aromatic N) is 1. The number of rotatable bonds is 2. The quantitative estimate of drug-likeness (QED) is 0.788. The van der Waals surface area contributed by atoms with E-state index in [2.05, 4.69) is 4.98 Å². The second-order valence-electron chi connectivity index (χ2n) is 5.92. The molecule has 2 rings (SSSR count). The van der Waals surface area contributed by atoms with E-state index in [4.69, 9.17) is 9.15 Å². The van der Waals surface area contributed by atoms with E-state index in [0.717, 1.165) is 5.56 Å². The molecule has 1 aromatic heterocycles. The number of aryl methyl sites for hydroxylation is 1. The van der Waals surface area contributed by atoms with Crippen LogP contribution in [0.5, 0.6) is 0 Å². The molecular weight excluding hydrogens is 273 g/mol. The first-order valence-corrected chi connectivity index (χ1v) is 6.60. The minimum Gasteiger partial charge on any atom is -0.463 e. The second-order valence-corrected chi connectivity index (χ2v) is 5.92. The molecule has 0 bridgehead atoms. The van der Waals surface area contributed by atoms with Crippen LogP contribution in [0.4, 0.5) is 4.39 Å². The summed E-state index contributed by atoms with van der Waals surface area (Å²) >= 11 is 0. The first kappa shape index (κ1) is 15.2. The first-order valence-electron chi connectivity index (χ1n) is 6.60. The Balaban J connectivity index is 2.61. The summed E-state index contributed by atoms with van der Waals surface area (Å²) in [4.78, 5) is 16.1. The number of ether oxygens (including phenoxy) is 1. The molecule has 4 nitrogen and oxygen atoms in total. The fraction of sp³-hybridized carbons (Fsp3) is 0.375. The number of hydrogen-bond acceptors (Lipinski definition) is 4. The molecule has 2 aromatic rings. The van der Waals surface area contributed by atoms with Crippen molar-refractivity contribution in [1.82, 2.24) is 4.98 Å². The summed E-state index contributed by atoms with van der Waals surface area (Å²) in [5.74, 6) is -0.961. The van der Waals surface area contributed by atoms with Gasteiger partial charge in [-0.1, -0.05) is 26.8 Å². The smallest absolute Gasteiger partial charge is 0.376 e. The van der Waals surface area contributed by atoms with Gasteiger partial charge >= 0.3 is 5.97 Å². The minimum atomic E-state index is -0.619. The fourth-order valence-electron chi connectivity index (χ4n) is 1.97. The Kier molecular flexibility index (Phi) is 3.85. The van der Waals surface area contributed by atoms with E-state index in [1.165, 1.54) is 13.2 Å². The molecule has 0 aliphatic rings. The van der Waals surface area contributed by atoms with Crippen LogP contribution in [-0.2, 0) is 10.2 Å². The lowest BCUT2D eigenvalue weighted by molar-refractivity contribution is 0.0562. The summed E-state index contributed by atoms with van der Waals surface area (Å²) in [5.41, 5.74) is 1.05. The monoisotopic (exact) mass is 291 g/mol. The third-order valence-electron chi connectivity index (χ3n) is 3.06. The third kappa shape index (κ3) is 2.96. The molecule has 0 unspecified atom stereocenters. The van der Waals surface area contributed by atoms with Crippen molar-refractivity contribution in [3.8, 4) is 11.5 Å². The Bertz CT molecular complexity index is 683. The van der Waals surface area contributed by atoms with Crippen molar-refractivity contribution in [2.24, 2.45) is 0 Å². The molecule has 0 aliphatic carbocycles. The number of oxazole rings is 1. The Labute approximate surface area is 122 Å². The van der Waals surface area contributed by atoms with Crippen LogP contribution in [0, 0.1) is 12.7 Å². The van der Waals surface area contributed by atoms with E-state index in [0.29, 0.717) is 5.69 Å². The Morgan fingerprint density at radius 2 is 2.00 bits per heavy atom. The van der Waals surface area contributed by atoms with E-state index < -0.39 is 17.2 Å². The highest BCUT2D eigenvalue weighted by atomic mass is 19.1. The van der Waals surface area contributed by atoms with Crippen LogP contribution in [-0.4, -0.2) is 18.1 Å². The lowest BCUT2D eigenvalue weighted by Crippen LogP contribution is -2.17. The summed E-state index contributed by atoms with van der Waals surface area (Å²) < 4.78 is 24.2. The highest BCUT2D eigenvalue weighted by molar-refractivity contribution is 5.88. The molecule has 0 saturated carbocycles. The number of aromatic nitrogens is 1. The molecular formula is C16H18FNO3. The normalized spacial score (nSPS) is 11.5. The van der Waals surface area contributed by atoms with Crippen LogP contribution in [0.15, 0.2) is 22.6 Å². The maximum atomic E-state index is 14.0. The van der Waals surface area contributed by atoms with Gasteiger partial charge < -0.3 is 9.15 Å². The van der Waals surface area contributed by atoms with Gasteiger partial charge in [0, 0.05) is 5.41 Å². The summed E-state index contributed by atoms with van der Waals surface area (Å²) in [6.07, 6.45) is 0. The Hall–Kier alpha value is -2.17. The van der Waals surface area contributed by atoms with Gasteiger partial charge in [0.1, 0.15) is 11.5 Å². The minimum absolute atomic E-state index is 0.0139. The highest BCUT2D eigenvalue weighted by Crippen LogP contribution is 2.31. The van der Waals surface area contributed by atoms with Crippen LogP contribution in [0.25, 0.3) is 11.5 Å². The number of hydrogen-bond donors (Lipinski definition) is 0. The number of benzene rings is 1.